The Balaban J connectivity index is 1.82. The Hall–Kier alpha value is -0.0800. The molecule has 2 aliphatic rings. The predicted octanol–water partition coefficient (Wildman–Crippen LogP) is 0.0688. The third-order valence-corrected chi connectivity index (χ3v) is 2.37. The van der Waals surface area contributed by atoms with Gasteiger partial charge in [-0.2, -0.15) is 0 Å². The summed E-state index contributed by atoms with van der Waals surface area (Å²) in [5.41, 5.74) is 0. The maximum absolute atomic E-state index is 4.33. The first-order valence-corrected chi connectivity index (χ1v) is 3.84. The summed E-state index contributed by atoms with van der Waals surface area (Å²) in [5, 5.41) is 4.33. The van der Waals surface area contributed by atoms with Gasteiger partial charge in [0.05, 0.1) is 0 Å². The fourth-order valence-corrected chi connectivity index (χ4v) is 1.58. The van der Waals surface area contributed by atoms with E-state index in [1.54, 1.807) is 0 Å². The van der Waals surface area contributed by atoms with Crippen molar-refractivity contribution in [3.63, 3.8) is 0 Å². The lowest BCUT2D eigenvalue weighted by atomic mass is 10.1. The second-order valence-electron chi connectivity index (χ2n) is 2.96. The maximum Gasteiger partial charge on any atom is 0.0290 e. The van der Waals surface area contributed by atoms with Gasteiger partial charge in [0.15, 0.2) is 0 Å². The van der Waals surface area contributed by atoms with Gasteiger partial charge < -0.3 is 0 Å². The first-order valence-electron chi connectivity index (χ1n) is 3.84. The van der Waals surface area contributed by atoms with E-state index in [0.717, 1.165) is 19.1 Å². The molecule has 0 saturated carbocycles. The summed E-state index contributed by atoms with van der Waals surface area (Å²) in [5.74, 6) is 0. The minimum atomic E-state index is 0.832. The molecule has 0 aromatic heterocycles. The molecule has 0 amide bonds. The van der Waals surface area contributed by atoms with Gasteiger partial charge in [0.2, 0.25) is 0 Å². The van der Waals surface area contributed by atoms with Gasteiger partial charge in [-0.25, -0.2) is 5.32 Å². The number of nitrogens with zero attached hydrogens (tertiary/aromatic N) is 2. The molecule has 51 valence electrons. The minimum Gasteiger partial charge on any atom is -0.299 e. The molecule has 2 fully saturated rings. The van der Waals surface area contributed by atoms with Crippen molar-refractivity contribution in [1.82, 2.24) is 10.2 Å². The summed E-state index contributed by atoms with van der Waals surface area (Å²) < 4.78 is 0. The first kappa shape index (κ1) is 5.69. The first-order chi connectivity index (χ1) is 4.47. The van der Waals surface area contributed by atoms with Crippen LogP contribution in [0.5, 0.6) is 0 Å². The predicted molar refractivity (Wildman–Crippen MR) is 36.5 cm³/mol. The minimum absolute atomic E-state index is 0.832. The van der Waals surface area contributed by atoms with E-state index in [4.69, 9.17) is 0 Å². The standard InChI is InChI=1S/C7H13N2/c1-4-9(5-1)7-2-3-8-6-7/h7H,1-6H2. The summed E-state index contributed by atoms with van der Waals surface area (Å²) in [6, 6.07) is 0.832. The van der Waals surface area contributed by atoms with E-state index in [9.17, 15) is 0 Å². The van der Waals surface area contributed by atoms with Crippen LogP contribution in [-0.2, 0) is 0 Å². The van der Waals surface area contributed by atoms with Crippen molar-refractivity contribution in [3.8, 4) is 0 Å². The zero-order chi connectivity index (χ0) is 6.10. The van der Waals surface area contributed by atoms with E-state index in [2.05, 4.69) is 10.2 Å². The van der Waals surface area contributed by atoms with Crippen molar-refractivity contribution in [2.45, 2.75) is 18.9 Å². The zero-order valence-corrected chi connectivity index (χ0v) is 5.71. The van der Waals surface area contributed by atoms with Crippen LogP contribution < -0.4 is 5.32 Å². The highest BCUT2D eigenvalue weighted by molar-refractivity contribution is 4.84. The number of rotatable bonds is 1. The van der Waals surface area contributed by atoms with Gasteiger partial charge in [-0.15, -0.1) is 0 Å². The molecule has 0 bridgehead atoms. The lowest BCUT2D eigenvalue weighted by molar-refractivity contribution is 0.128. The smallest absolute Gasteiger partial charge is 0.0290 e. The van der Waals surface area contributed by atoms with E-state index >= 15 is 0 Å². The summed E-state index contributed by atoms with van der Waals surface area (Å²) in [7, 11) is 0. The van der Waals surface area contributed by atoms with Crippen molar-refractivity contribution in [1.29, 1.82) is 0 Å². The third kappa shape index (κ3) is 0.970. The second-order valence-corrected chi connectivity index (χ2v) is 2.96. The monoisotopic (exact) mass is 125 g/mol. The molecule has 1 atom stereocenters. The SMILES string of the molecule is C1CN(C2CC[N]C2)C1. The molecule has 0 aromatic carbocycles. The molecular formula is C7H13N2. The number of hydrogen-bond acceptors (Lipinski definition) is 1. The van der Waals surface area contributed by atoms with Crippen molar-refractivity contribution in [3.05, 3.63) is 0 Å². The molecule has 1 unspecified atom stereocenters. The Labute approximate surface area is 56.2 Å². The molecule has 9 heavy (non-hydrogen) atoms. The largest absolute Gasteiger partial charge is 0.299 e. The molecule has 2 aliphatic heterocycles. The highest BCUT2D eigenvalue weighted by Gasteiger charge is 2.26. The number of hydrogen-bond donors (Lipinski definition) is 0. The molecule has 0 aromatic rings. The van der Waals surface area contributed by atoms with E-state index in [1.165, 1.54) is 25.9 Å². The van der Waals surface area contributed by atoms with E-state index < -0.39 is 0 Å². The Morgan fingerprint density at radius 3 is 2.67 bits per heavy atom. The van der Waals surface area contributed by atoms with Crippen LogP contribution in [0.2, 0.25) is 0 Å². The Kier molecular flexibility index (Phi) is 1.44. The quantitative estimate of drug-likeness (QED) is 0.484. The van der Waals surface area contributed by atoms with Crippen LogP contribution in [0.1, 0.15) is 12.8 Å². The van der Waals surface area contributed by atoms with E-state index in [0.29, 0.717) is 0 Å². The van der Waals surface area contributed by atoms with Gasteiger partial charge in [-0.1, -0.05) is 0 Å². The molecule has 2 rings (SSSR count). The molecule has 0 aliphatic carbocycles. The van der Waals surface area contributed by atoms with Gasteiger partial charge >= 0.3 is 0 Å². The fourth-order valence-electron chi connectivity index (χ4n) is 1.58. The molecule has 2 heterocycles. The van der Waals surface area contributed by atoms with Crippen molar-refractivity contribution in [2.24, 2.45) is 0 Å². The zero-order valence-electron chi connectivity index (χ0n) is 5.71. The third-order valence-electron chi connectivity index (χ3n) is 2.37. The average molecular weight is 125 g/mol. The van der Waals surface area contributed by atoms with Crippen molar-refractivity contribution < 1.29 is 0 Å². The van der Waals surface area contributed by atoms with E-state index in [-0.39, 0.29) is 0 Å². The van der Waals surface area contributed by atoms with Crippen molar-refractivity contribution >= 4 is 0 Å². The molecule has 2 nitrogen and oxygen atoms in total. The molecular weight excluding hydrogens is 112 g/mol. The molecule has 1 radical (unpaired) electrons. The van der Waals surface area contributed by atoms with Gasteiger partial charge in [0.1, 0.15) is 0 Å². The van der Waals surface area contributed by atoms with Crippen LogP contribution in [-0.4, -0.2) is 37.1 Å². The van der Waals surface area contributed by atoms with Gasteiger partial charge in [-0.05, 0) is 25.9 Å². The van der Waals surface area contributed by atoms with Crippen LogP contribution in [0.3, 0.4) is 0 Å². The van der Waals surface area contributed by atoms with Crippen molar-refractivity contribution in [2.75, 3.05) is 26.2 Å². The average Bonchev–Trinajstić information content (AvgIpc) is 2.11. The summed E-state index contributed by atoms with van der Waals surface area (Å²) in [4.78, 5) is 2.55. The topological polar surface area (TPSA) is 17.3 Å². The van der Waals surface area contributed by atoms with Crippen LogP contribution in [0.25, 0.3) is 0 Å². The summed E-state index contributed by atoms with van der Waals surface area (Å²) in [6.45, 7) is 4.89. The highest BCUT2D eigenvalue weighted by atomic mass is 15.2. The number of likely N-dealkylation sites (tertiary alicyclic amines) is 1. The van der Waals surface area contributed by atoms with Crippen LogP contribution in [0.15, 0.2) is 0 Å². The van der Waals surface area contributed by atoms with Gasteiger partial charge in [-0.3, -0.25) is 4.90 Å². The normalized spacial score (nSPS) is 36.7. The van der Waals surface area contributed by atoms with Gasteiger partial charge in [0.25, 0.3) is 0 Å². The molecule has 2 heteroatoms. The molecule has 2 saturated heterocycles. The van der Waals surface area contributed by atoms with E-state index in [1.807, 2.05) is 0 Å². The second kappa shape index (κ2) is 2.27. The van der Waals surface area contributed by atoms with Crippen LogP contribution >= 0.6 is 0 Å². The Morgan fingerprint density at radius 1 is 1.33 bits per heavy atom. The lowest BCUT2D eigenvalue weighted by Crippen LogP contribution is -2.45. The summed E-state index contributed by atoms with van der Waals surface area (Å²) in [6.07, 6.45) is 2.73. The lowest BCUT2D eigenvalue weighted by Gasteiger charge is -2.35. The summed E-state index contributed by atoms with van der Waals surface area (Å²) >= 11 is 0. The Morgan fingerprint density at radius 2 is 2.22 bits per heavy atom. The molecule has 0 spiro atoms. The van der Waals surface area contributed by atoms with Crippen LogP contribution in [0.4, 0.5) is 0 Å². The van der Waals surface area contributed by atoms with Crippen LogP contribution in [0, 0.1) is 0 Å². The Bertz CT molecular complexity index is 93.1. The highest BCUT2D eigenvalue weighted by Crippen LogP contribution is 2.15. The maximum atomic E-state index is 4.33. The van der Waals surface area contributed by atoms with Gasteiger partial charge in [0, 0.05) is 19.1 Å². The molecule has 0 N–H and O–H groups in total. The fraction of sp³-hybridized carbons (Fsp3) is 1.00.